The zero-order chi connectivity index (χ0) is 19.5. The number of benzene rings is 3. The maximum Gasteiger partial charge on any atom is 0.110 e. The lowest BCUT2D eigenvalue weighted by Crippen LogP contribution is -2.55. The first-order valence-electron chi connectivity index (χ1n) is 11.1. The van der Waals surface area contributed by atoms with E-state index in [0.717, 1.165) is 17.8 Å². The van der Waals surface area contributed by atoms with Crippen molar-refractivity contribution in [3.63, 3.8) is 0 Å². The summed E-state index contributed by atoms with van der Waals surface area (Å²) in [5.41, 5.74) is 10.4. The van der Waals surface area contributed by atoms with Crippen LogP contribution in [0.15, 0.2) is 66.7 Å². The quantitative estimate of drug-likeness (QED) is 0.554. The standard InChI is InChI=1S/C26H22N4/c1-27-14-8-3-5-10-16(14)29-18-12-7-13-19-20(18)26-21(22(26)24(27)29)23(26)25-28(2)15-9-4-6-11-17(15)30(19)25/h3-13,21-25H,1-2H3. The molecule has 3 aromatic rings. The molecule has 4 aliphatic heterocycles. The summed E-state index contributed by atoms with van der Waals surface area (Å²) in [5.74, 6) is 2.29. The third-order valence-electron chi connectivity index (χ3n) is 9.19. The molecule has 0 saturated heterocycles. The molecule has 0 N–H and O–H groups in total. The molecule has 2 saturated carbocycles. The fourth-order valence-electron chi connectivity index (χ4n) is 8.19. The van der Waals surface area contributed by atoms with Gasteiger partial charge in [-0.25, -0.2) is 0 Å². The molecule has 30 heavy (non-hydrogen) atoms. The first kappa shape index (κ1) is 14.8. The van der Waals surface area contributed by atoms with Gasteiger partial charge in [0, 0.05) is 48.3 Å². The number of hydrogen-bond donors (Lipinski definition) is 0. The van der Waals surface area contributed by atoms with E-state index in [1.54, 1.807) is 5.56 Å². The molecule has 0 amide bonds. The zero-order valence-electron chi connectivity index (χ0n) is 17.0. The molecule has 9 rings (SSSR count). The topological polar surface area (TPSA) is 13.0 Å². The van der Waals surface area contributed by atoms with Crippen LogP contribution in [0.1, 0.15) is 5.56 Å². The molecule has 0 radical (unpaired) electrons. The summed E-state index contributed by atoms with van der Waals surface area (Å²) in [5, 5.41) is 0. The molecule has 4 nitrogen and oxygen atoms in total. The first-order chi connectivity index (χ1) is 14.8. The highest BCUT2D eigenvalue weighted by atomic mass is 15.5. The van der Waals surface area contributed by atoms with Gasteiger partial charge < -0.3 is 19.6 Å². The van der Waals surface area contributed by atoms with Crippen LogP contribution in [-0.2, 0) is 5.41 Å². The van der Waals surface area contributed by atoms with Crippen LogP contribution in [0.5, 0.6) is 0 Å². The van der Waals surface area contributed by atoms with E-state index in [2.05, 4.69) is 100 Å². The van der Waals surface area contributed by atoms with E-state index in [1.807, 2.05) is 0 Å². The third-order valence-corrected chi connectivity index (χ3v) is 9.19. The highest BCUT2D eigenvalue weighted by molar-refractivity contribution is 5.97. The van der Waals surface area contributed by atoms with E-state index in [4.69, 9.17) is 0 Å². The van der Waals surface area contributed by atoms with Crippen molar-refractivity contribution in [2.24, 2.45) is 17.8 Å². The second kappa shape index (κ2) is 4.18. The average molecular weight is 390 g/mol. The Morgan fingerprint density at radius 1 is 0.533 bits per heavy atom. The molecular formula is C26H22N4. The fraction of sp³-hybridized carbons (Fsp3) is 0.308. The van der Waals surface area contributed by atoms with Crippen LogP contribution >= 0.6 is 0 Å². The smallest absolute Gasteiger partial charge is 0.110 e. The number of para-hydroxylation sites is 4. The third kappa shape index (κ3) is 1.19. The summed E-state index contributed by atoms with van der Waals surface area (Å²) in [6.07, 6.45) is 0.930. The van der Waals surface area contributed by atoms with E-state index in [1.165, 1.54) is 34.1 Å². The molecule has 0 bridgehead atoms. The van der Waals surface area contributed by atoms with Gasteiger partial charge in [0.2, 0.25) is 0 Å². The summed E-state index contributed by atoms with van der Waals surface area (Å²) in [7, 11) is 4.60. The van der Waals surface area contributed by atoms with E-state index in [-0.39, 0.29) is 0 Å². The minimum Gasteiger partial charge on any atom is -0.352 e. The van der Waals surface area contributed by atoms with Crippen LogP contribution in [-0.4, -0.2) is 26.4 Å². The van der Waals surface area contributed by atoms with Crippen LogP contribution in [0.4, 0.5) is 34.1 Å². The Hall–Kier alpha value is -3.14. The van der Waals surface area contributed by atoms with Gasteiger partial charge >= 0.3 is 0 Å². The lowest BCUT2D eigenvalue weighted by molar-refractivity contribution is 0.317. The van der Waals surface area contributed by atoms with Crippen molar-refractivity contribution in [1.82, 2.24) is 0 Å². The number of fused-ring (bicyclic) bond motifs is 12. The molecule has 2 fully saturated rings. The Kier molecular flexibility index (Phi) is 2.06. The first-order valence-corrected chi connectivity index (χ1v) is 11.1. The average Bonchev–Trinajstić information content (AvgIpc) is 3.59. The van der Waals surface area contributed by atoms with Crippen molar-refractivity contribution in [2.75, 3.05) is 33.7 Å². The van der Waals surface area contributed by atoms with E-state index in [9.17, 15) is 0 Å². The normalized spacial score (nSPS) is 36.5. The monoisotopic (exact) mass is 390 g/mol. The Morgan fingerprint density at radius 2 is 0.967 bits per heavy atom. The molecule has 4 heteroatoms. The van der Waals surface area contributed by atoms with Crippen molar-refractivity contribution < 1.29 is 0 Å². The maximum absolute atomic E-state index is 2.65. The van der Waals surface area contributed by atoms with E-state index in [0.29, 0.717) is 17.7 Å². The maximum atomic E-state index is 2.65. The zero-order valence-corrected chi connectivity index (χ0v) is 17.0. The Morgan fingerprint density at radius 3 is 1.47 bits per heavy atom. The van der Waals surface area contributed by atoms with Crippen LogP contribution < -0.4 is 19.6 Å². The summed E-state index contributed by atoms with van der Waals surface area (Å²) < 4.78 is 0. The molecule has 4 unspecified atom stereocenters. The minimum atomic E-state index is 0.390. The molecule has 146 valence electrons. The van der Waals surface area contributed by atoms with Crippen molar-refractivity contribution in [3.8, 4) is 0 Å². The van der Waals surface area contributed by atoms with Crippen LogP contribution in [0.25, 0.3) is 0 Å². The second-order valence-electron chi connectivity index (χ2n) is 9.95. The fourth-order valence-corrected chi connectivity index (χ4v) is 8.19. The van der Waals surface area contributed by atoms with Gasteiger partial charge in [-0.1, -0.05) is 30.3 Å². The van der Waals surface area contributed by atoms with E-state index < -0.39 is 0 Å². The summed E-state index contributed by atoms with van der Waals surface area (Å²) in [6, 6.07) is 25.0. The van der Waals surface area contributed by atoms with Crippen LogP contribution in [0, 0.1) is 17.8 Å². The largest absolute Gasteiger partial charge is 0.352 e. The number of rotatable bonds is 0. The van der Waals surface area contributed by atoms with Gasteiger partial charge in [0.1, 0.15) is 12.3 Å². The molecule has 6 aliphatic rings. The molecule has 2 aliphatic carbocycles. The van der Waals surface area contributed by atoms with Crippen molar-refractivity contribution in [2.45, 2.75) is 17.7 Å². The lowest BCUT2D eigenvalue weighted by atomic mass is 9.78. The summed E-state index contributed by atoms with van der Waals surface area (Å²) >= 11 is 0. The van der Waals surface area contributed by atoms with Gasteiger partial charge in [-0.3, -0.25) is 0 Å². The van der Waals surface area contributed by atoms with Gasteiger partial charge in [0.15, 0.2) is 0 Å². The van der Waals surface area contributed by atoms with Gasteiger partial charge in [0.05, 0.1) is 22.7 Å². The molecule has 3 aromatic carbocycles. The van der Waals surface area contributed by atoms with Crippen molar-refractivity contribution >= 4 is 34.1 Å². The molecular weight excluding hydrogens is 368 g/mol. The van der Waals surface area contributed by atoms with Gasteiger partial charge in [-0.15, -0.1) is 0 Å². The predicted octanol–water partition coefficient (Wildman–Crippen LogP) is 4.66. The lowest BCUT2D eigenvalue weighted by Gasteiger charge is -2.49. The molecule has 1 spiro atoms. The highest BCUT2D eigenvalue weighted by Crippen LogP contribution is 2.92. The molecule has 4 atom stereocenters. The number of hydrogen-bond acceptors (Lipinski definition) is 4. The summed E-state index contributed by atoms with van der Waals surface area (Å²) in [6.45, 7) is 0. The second-order valence-corrected chi connectivity index (χ2v) is 9.95. The Balaban J connectivity index is 1.34. The Labute approximate surface area is 175 Å². The van der Waals surface area contributed by atoms with Crippen LogP contribution in [0.3, 0.4) is 0 Å². The minimum absolute atomic E-state index is 0.390. The molecule has 0 aromatic heterocycles. The van der Waals surface area contributed by atoms with Crippen LogP contribution in [0.2, 0.25) is 0 Å². The molecule has 4 heterocycles. The predicted molar refractivity (Wildman–Crippen MR) is 120 cm³/mol. The SMILES string of the molecule is CN1c2ccccc2N2c3cccc4c3C35C(C12)C3C5C1N(C)c2ccccc2N41. The highest BCUT2D eigenvalue weighted by Gasteiger charge is 2.95. The van der Waals surface area contributed by atoms with Crippen molar-refractivity contribution in [1.29, 1.82) is 0 Å². The number of nitrogens with zero attached hydrogens (tertiary/aromatic N) is 4. The van der Waals surface area contributed by atoms with Gasteiger partial charge in [-0.05, 0) is 42.3 Å². The number of anilines is 6. The van der Waals surface area contributed by atoms with E-state index >= 15 is 0 Å². The van der Waals surface area contributed by atoms with Gasteiger partial charge in [0.25, 0.3) is 0 Å². The van der Waals surface area contributed by atoms with Gasteiger partial charge in [-0.2, -0.15) is 0 Å². The summed E-state index contributed by atoms with van der Waals surface area (Å²) in [4.78, 5) is 10.4. The van der Waals surface area contributed by atoms with Crippen molar-refractivity contribution in [3.05, 3.63) is 72.3 Å². The Bertz CT molecular complexity index is 1220.